The van der Waals surface area contributed by atoms with Gasteiger partial charge in [0, 0.05) is 6.26 Å². The summed E-state index contributed by atoms with van der Waals surface area (Å²) >= 11 is 1.27. The SMILES string of the molecule is CSOCC(C)OCC(O)COC(=O)C(C)(C)CC(C)(C)C. The Labute approximate surface area is 139 Å². The van der Waals surface area contributed by atoms with Crippen LogP contribution in [0.15, 0.2) is 0 Å². The van der Waals surface area contributed by atoms with E-state index in [2.05, 4.69) is 20.8 Å². The van der Waals surface area contributed by atoms with Gasteiger partial charge in [-0.3, -0.25) is 4.79 Å². The largest absolute Gasteiger partial charge is 0.462 e. The number of hydrogen-bond donors (Lipinski definition) is 1. The Kier molecular flexibility index (Phi) is 9.62. The summed E-state index contributed by atoms with van der Waals surface area (Å²) in [5.41, 5.74) is -0.532. The highest BCUT2D eigenvalue weighted by molar-refractivity contribution is 7.93. The molecule has 0 saturated carbocycles. The molecule has 132 valence electrons. The second-order valence-corrected chi connectivity index (χ2v) is 8.04. The Morgan fingerprint density at radius 3 is 2.23 bits per heavy atom. The van der Waals surface area contributed by atoms with Crippen LogP contribution in [0.1, 0.15) is 48.0 Å². The van der Waals surface area contributed by atoms with Gasteiger partial charge in [-0.25, -0.2) is 0 Å². The second-order valence-electron chi connectivity index (χ2n) is 7.47. The normalized spacial score (nSPS) is 15.5. The zero-order chi connectivity index (χ0) is 17.4. The first-order valence-electron chi connectivity index (χ1n) is 7.60. The van der Waals surface area contributed by atoms with Crippen molar-refractivity contribution in [2.24, 2.45) is 10.8 Å². The average molecular weight is 336 g/mol. The van der Waals surface area contributed by atoms with Gasteiger partial charge in [0.15, 0.2) is 0 Å². The van der Waals surface area contributed by atoms with E-state index in [0.717, 1.165) is 0 Å². The summed E-state index contributed by atoms with van der Waals surface area (Å²) in [5, 5.41) is 9.82. The number of ether oxygens (including phenoxy) is 2. The van der Waals surface area contributed by atoms with Gasteiger partial charge in [0.05, 0.1) is 24.7 Å². The van der Waals surface area contributed by atoms with Crippen LogP contribution in [0.25, 0.3) is 0 Å². The van der Waals surface area contributed by atoms with Crippen molar-refractivity contribution in [3.63, 3.8) is 0 Å². The minimum Gasteiger partial charge on any atom is -0.462 e. The van der Waals surface area contributed by atoms with Gasteiger partial charge in [-0.2, -0.15) is 0 Å². The lowest BCUT2D eigenvalue weighted by Gasteiger charge is -2.30. The minimum absolute atomic E-state index is 0.0387. The molecule has 0 amide bonds. The van der Waals surface area contributed by atoms with E-state index in [9.17, 15) is 9.90 Å². The lowest BCUT2D eigenvalue weighted by molar-refractivity contribution is -0.160. The summed E-state index contributed by atoms with van der Waals surface area (Å²) in [6, 6.07) is 0. The molecule has 0 aliphatic rings. The molecule has 0 heterocycles. The highest BCUT2D eigenvalue weighted by Crippen LogP contribution is 2.34. The highest BCUT2D eigenvalue weighted by atomic mass is 32.2. The maximum absolute atomic E-state index is 12.1. The Morgan fingerprint density at radius 2 is 1.73 bits per heavy atom. The monoisotopic (exact) mass is 336 g/mol. The molecule has 2 atom stereocenters. The summed E-state index contributed by atoms with van der Waals surface area (Å²) in [7, 11) is 0. The van der Waals surface area contributed by atoms with Gasteiger partial charge in [-0.15, -0.1) is 0 Å². The van der Waals surface area contributed by atoms with Crippen molar-refractivity contribution in [3.05, 3.63) is 0 Å². The maximum atomic E-state index is 12.1. The summed E-state index contributed by atoms with van der Waals surface area (Å²) in [6.45, 7) is 12.4. The molecule has 0 aromatic heterocycles. The first-order chi connectivity index (χ1) is 9.98. The molecule has 0 fully saturated rings. The summed E-state index contributed by atoms with van der Waals surface area (Å²) < 4.78 is 15.8. The van der Waals surface area contributed by atoms with Crippen LogP contribution >= 0.6 is 12.0 Å². The number of rotatable bonds is 10. The van der Waals surface area contributed by atoms with E-state index in [0.29, 0.717) is 13.0 Å². The van der Waals surface area contributed by atoms with Crippen LogP contribution in [0.2, 0.25) is 0 Å². The minimum atomic E-state index is -0.828. The number of esters is 1. The van der Waals surface area contributed by atoms with E-state index in [1.54, 1.807) is 0 Å². The molecule has 0 bridgehead atoms. The van der Waals surface area contributed by atoms with Crippen molar-refractivity contribution in [3.8, 4) is 0 Å². The fourth-order valence-corrected chi connectivity index (χ4v) is 2.63. The van der Waals surface area contributed by atoms with Crippen LogP contribution in [-0.2, 0) is 18.5 Å². The van der Waals surface area contributed by atoms with Crippen LogP contribution < -0.4 is 0 Å². The molecule has 0 aliphatic heterocycles. The molecule has 1 N–H and O–H groups in total. The molecule has 0 aromatic rings. The topological polar surface area (TPSA) is 65.0 Å². The van der Waals surface area contributed by atoms with Crippen molar-refractivity contribution in [2.75, 3.05) is 26.1 Å². The molecular formula is C16H32O5S. The molecule has 0 aliphatic carbocycles. The Bertz CT molecular complexity index is 325. The van der Waals surface area contributed by atoms with Crippen LogP contribution in [0.4, 0.5) is 0 Å². The second kappa shape index (κ2) is 9.75. The van der Waals surface area contributed by atoms with Gasteiger partial charge in [0.25, 0.3) is 0 Å². The van der Waals surface area contributed by atoms with Gasteiger partial charge < -0.3 is 18.8 Å². The molecule has 22 heavy (non-hydrogen) atoms. The molecule has 0 radical (unpaired) electrons. The standard InChI is InChI=1S/C16H32O5S/c1-12(8-21-22-7)19-9-13(17)10-20-14(18)16(5,6)11-15(2,3)4/h12-13,17H,8-11H2,1-7H3. The van der Waals surface area contributed by atoms with Gasteiger partial charge in [0.1, 0.15) is 12.7 Å². The molecule has 0 rings (SSSR count). The zero-order valence-corrected chi connectivity index (χ0v) is 15.8. The molecule has 5 nitrogen and oxygen atoms in total. The van der Waals surface area contributed by atoms with E-state index >= 15 is 0 Å². The van der Waals surface area contributed by atoms with Crippen LogP contribution in [-0.4, -0.2) is 49.4 Å². The van der Waals surface area contributed by atoms with Crippen molar-refractivity contribution in [1.29, 1.82) is 0 Å². The third kappa shape index (κ3) is 10.4. The molecular weight excluding hydrogens is 304 g/mol. The molecule has 0 aromatic carbocycles. The third-order valence-electron chi connectivity index (χ3n) is 2.93. The molecule has 2 unspecified atom stereocenters. The van der Waals surface area contributed by atoms with Gasteiger partial charge in [0.2, 0.25) is 0 Å². The molecule has 0 saturated heterocycles. The van der Waals surface area contributed by atoms with E-state index in [1.165, 1.54) is 12.0 Å². The quantitative estimate of drug-likeness (QED) is 0.488. The number of carbonyl (C=O) groups is 1. The van der Waals surface area contributed by atoms with Crippen molar-refractivity contribution in [2.45, 2.75) is 60.2 Å². The van der Waals surface area contributed by atoms with E-state index < -0.39 is 11.5 Å². The van der Waals surface area contributed by atoms with Crippen molar-refractivity contribution < 1.29 is 23.6 Å². The Morgan fingerprint density at radius 1 is 1.14 bits per heavy atom. The highest BCUT2D eigenvalue weighted by Gasteiger charge is 2.34. The van der Waals surface area contributed by atoms with Gasteiger partial charge in [-0.1, -0.05) is 20.8 Å². The lowest BCUT2D eigenvalue weighted by atomic mass is 9.76. The lowest BCUT2D eigenvalue weighted by Crippen LogP contribution is -2.34. The first kappa shape index (κ1) is 21.7. The first-order valence-corrected chi connectivity index (χ1v) is 8.75. The van der Waals surface area contributed by atoms with Crippen LogP contribution in [0.3, 0.4) is 0 Å². The summed E-state index contributed by atoms with van der Waals surface area (Å²) in [4.78, 5) is 12.1. The number of aliphatic hydroxyl groups excluding tert-OH is 1. The third-order valence-corrected chi connectivity index (χ3v) is 3.30. The average Bonchev–Trinajstić information content (AvgIpc) is 2.37. The van der Waals surface area contributed by atoms with Gasteiger partial charge in [-0.05, 0) is 44.6 Å². The fourth-order valence-electron chi connectivity index (χ4n) is 2.30. The van der Waals surface area contributed by atoms with Gasteiger partial charge >= 0.3 is 5.97 Å². The zero-order valence-electron chi connectivity index (χ0n) is 15.0. The van der Waals surface area contributed by atoms with Crippen LogP contribution in [0.5, 0.6) is 0 Å². The Hall–Kier alpha value is -0.300. The molecule has 0 spiro atoms. The van der Waals surface area contributed by atoms with Crippen molar-refractivity contribution >= 4 is 18.0 Å². The van der Waals surface area contributed by atoms with E-state index in [1.807, 2.05) is 27.0 Å². The predicted molar refractivity (Wildman–Crippen MR) is 89.7 cm³/mol. The van der Waals surface area contributed by atoms with Crippen LogP contribution in [0, 0.1) is 10.8 Å². The maximum Gasteiger partial charge on any atom is 0.311 e. The summed E-state index contributed by atoms with van der Waals surface area (Å²) in [5.74, 6) is -0.291. The smallest absolute Gasteiger partial charge is 0.311 e. The predicted octanol–water partition coefficient (Wildman–Crippen LogP) is 3.05. The Balaban J connectivity index is 4.08. The number of aliphatic hydroxyl groups is 1. The fraction of sp³-hybridized carbons (Fsp3) is 0.938. The molecule has 6 heteroatoms. The van der Waals surface area contributed by atoms with E-state index in [-0.39, 0.29) is 30.7 Å². The number of hydrogen-bond acceptors (Lipinski definition) is 6. The van der Waals surface area contributed by atoms with Crippen molar-refractivity contribution in [1.82, 2.24) is 0 Å². The summed E-state index contributed by atoms with van der Waals surface area (Å²) in [6.07, 6.45) is 1.61. The number of carbonyl (C=O) groups excluding carboxylic acids is 1. The van der Waals surface area contributed by atoms with E-state index in [4.69, 9.17) is 13.7 Å².